The summed E-state index contributed by atoms with van der Waals surface area (Å²) in [4.78, 5) is 52.6. The molecule has 0 radical (unpaired) electrons. The van der Waals surface area contributed by atoms with Crippen molar-refractivity contribution in [3.63, 3.8) is 0 Å². The molecular formula is C34H51F2N3O7. The molecule has 0 unspecified atom stereocenters. The quantitative estimate of drug-likeness (QED) is 0.349. The number of carbonyl (C=O) groups is 4. The lowest BCUT2D eigenvalue weighted by Gasteiger charge is -2.31. The number of benzene rings is 1. The number of imide groups is 1. The number of piperidine rings is 2. The summed E-state index contributed by atoms with van der Waals surface area (Å²) in [5.41, 5.74) is 0.317. The molecule has 3 aliphatic heterocycles. The number of hydrogen-bond donors (Lipinski definition) is 1. The molecule has 0 aromatic heterocycles. The fraction of sp³-hybridized carbons (Fsp3) is 0.588. The van der Waals surface area contributed by atoms with Gasteiger partial charge in [0.15, 0.2) is 0 Å². The van der Waals surface area contributed by atoms with Crippen LogP contribution in [0.25, 0.3) is 0 Å². The Morgan fingerprint density at radius 1 is 0.761 bits per heavy atom. The molecule has 46 heavy (non-hydrogen) atoms. The highest BCUT2D eigenvalue weighted by molar-refractivity contribution is 6.21. The molecule has 2 saturated heterocycles. The Labute approximate surface area is 272 Å². The van der Waals surface area contributed by atoms with Crippen molar-refractivity contribution in [1.29, 1.82) is 0 Å². The van der Waals surface area contributed by atoms with Crippen LogP contribution in [0.3, 0.4) is 0 Å². The predicted octanol–water partition coefficient (Wildman–Crippen LogP) is 7.04. The lowest BCUT2D eigenvalue weighted by Crippen LogP contribution is -2.41. The van der Waals surface area contributed by atoms with E-state index in [9.17, 15) is 28.0 Å². The summed E-state index contributed by atoms with van der Waals surface area (Å²) in [6.07, 6.45) is 1.44. The number of rotatable bonds is 3. The normalized spacial score (nSPS) is 18.8. The van der Waals surface area contributed by atoms with Crippen LogP contribution in [0.5, 0.6) is 0 Å². The number of ether oxygens (including phenoxy) is 2. The Bertz CT molecular complexity index is 1290. The number of hydrogen-bond acceptors (Lipinski definition) is 7. The number of amides is 4. The van der Waals surface area contributed by atoms with Crippen molar-refractivity contribution in [2.24, 2.45) is 0 Å². The molecule has 0 atom stereocenters. The van der Waals surface area contributed by atoms with E-state index < -0.39 is 60.0 Å². The summed E-state index contributed by atoms with van der Waals surface area (Å²) < 4.78 is 38.6. The Balaban J connectivity index is 0.000000486. The van der Waals surface area contributed by atoms with E-state index in [-0.39, 0.29) is 27.9 Å². The van der Waals surface area contributed by atoms with Crippen LogP contribution in [0.1, 0.15) is 103 Å². The highest BCUT2D eigenvalue weighted by atomic mass is 19.1. The van der Waals surface area contributed by atoms with E-state index in [0.29, 0.717) is 61.0 Å². The van der Waals surface area contributed by atoms with E-state index in [1.807, 2.05) is 0 Å². The lowest BCUT2D eigenvalue weighted by molar-refractivity contribution is 0.0234. The van der Waals surface area contributed by atoms with E-state index in [0.717, 1.165) is 4.90 Å². The first-order chi connectivity index (χ1) is 20.5. The third-order valence-corrected chi connectivity index (χ3v) is 6.96. The summed E-state index contributed by atoms with van der Waals surface area (Å²) in [7, 11) is 0. The molecule has 1 aromatic carbocycles. The van der Waals surface area contributed by atoms with Crippen molar-refractivity contribution in [1.82, 2.24) is 14.7 Å². The third-order valence-electron chi connectivity index (χ3n) is 6.96. The molecular weight excluding hydrogens is 600 g/mol. The van der Waals surface area contributed by atoms with Gasteiger partial charge in [-0.1, -0.05) is 27.0 Å². The standard InChI is InChI=1S/C20H23FN2O4.C12H20FNO3.2CH4/c1-20(2,3)27-19(26)22-10-6-7-13(11-22)16(21)12-23-17(24)14-8-4-5-9-15(14)18(23)25;1-12(2,3)17-11(16)14-6-4-5-9(7-14)10(13)8-15;;/h4-5,8-9H,6-7,10-12H2,1-3H3;15H,4-8H2,1-3H3;2*1H4/b16-13+;10-9+;;. The van der Waals surface area contributed by atoms with Crippen LogP contribution in [0, 0.1) is 0 Å². The van der Waals surface area contributed by atoms with Gasteiger partial charge in [0.05, 0.1) is 24.3 Å². The first kappa shape index (κ1) is 40.2. The number of halogens is 2. The van der Waals surface area contributed by atoms with Gasteiger partial charge in [-0.15, -0.1) is 0 Å². The van der Waals surface area contributed by atoms with Gasteiger partial charge in [-0.2, -0.15) is 0 Å². The molecule has 4 amide bonds. The topological polar surface area (TPSA) is 117 Å². The van der Waals surface area contributed by atoms with Crippen molar-refractivity contribution in [3.05, 3.63) is 58.2 Å². The summed E-state index contributed by atoms with van der Waals surface area (Å²) in [6, 6.07) is 6.46. The first-order valence-electron chi connectivity index (χ1n) is 14.8. The molecule has 4 rings (SSSR count). The third kappa shape index (κ3) is 10.9. The molecule has 3 aliphatic rings. The maximum absolute atomic E-state index is 14.8. The predicted molar refractivity (Wildman–Crippen MR) is 173 cm³/mol. The zero-order valence-corrected chi connectivity index (χ0v) is 26.4. The molecule has 0 spiro atoms. The second kappa shape index (κ2) is 16.7. The minimum atomic E-state index is -0.628. The van der Waals surface area contributed by atoms with Crippen molar-refractivity contribution < 1.29 is 42.5 Å². The van der Waals surface area contributed by atoms with Crippen LogP contribution in [0.15, 0.2) is 47.1 Å². The average molecular weight is 652 g/mol. The van der Waals surface area contributed by atoms with Gasteiger partial charge in [0.25, 0.3) is 11.8 Å². The number of aliphatic hydroxyl groups excluding tert-OH is 1. The molecule has 12 heteroatoms. The van der Waals surface area contributed by atoms with Gasteiger partial charge in [0, 0.05) is 26.2 Å². The van der Waals surface area contributed by atoms with E-state index in [1.165, 1.54) is 9.80 Å². The number of fused-ring (bicyclic) bond motifs is 1. The fourth-order valence-corrected chi connectivity index (χ4v) is 4.90. The van der Waals surface area contributed by atoms with Crippen LogP contribution >= 0.6 is 0 Å². The van der Waals surface area contributed by atoms with E-state index in [2.05, 4.69) is 0 Å². The van der Waals surface area contributed by atoms with Gasteiger partial charge in [-0.25, -0.2) is 18.4 Å². The molecule has 1 N–H and O–H groups in total. The summed E-state index contributed by atoms with van der Waals surface area (Å²) in [5, 5.41) is 8.73. The monoisotopic (exact) mass is 651 g/mol. The zero-order chi connectivity index (χ0) is 32.8. The van der Waals surface area contributed by atoms with Gasteiger partial charge in [0.2, 0.25) is 0 Å². The number of aliphatic hydroxyl groups is 1. The molecule has 1 aromatic rings. The Hall–Kier alpha value is -3.80. The van der Waals surface area contributed by atoms with Crippen molar-refractivity contribution in [2.75, 3.05) is 39.3 Å². The smallest absolute Gasteiger partial charge is 0.410 e. The van der Waals surface area contributed by atoms with Gasteiger partial charge in [-0.05, 0) is 90.5 Å². The zero-order valence-electron chi connectivity index (χ0n) is 26.4. The van der Waals surface area contributed by atoms with E-state index >= 15 is 0 Å². The second-order valence-corrected chi connectivity index (χ2v) is 12.9. The van der Waals surface area contributed by atoms with Crippen LogP contribution < -0.4 is 0 Å². The fourth-order valence-electron chi connectivity index (χ4n) is 4.90. The largest absolute Gasteiger partial charge is 0.444 e. The molecule has 10 nitrogen and oxygen atoms in total. The Morgan fingerprint density at radius 2 is 1.15 bits per heavy atom. The van der Waals surface area contributed by atoms with Crippen molar-refractivity contribution in [3.8, 4) is 0 Å². The van der Waals surface area contributed by atoms with Crippen molar-refractivity contribution in [2.45, 2.75) is 93.3 Å². The molecule has 0 aliphatic carbocycles. The van der Waals surface area contributed by atoms with Crippen LogP contribution in [0.2, 0.25) is 0 Å². The van der Waals surface area contributed by atoms with E-state index in [4.69, 9.17) is 14.6 Å². The molecule has 2 fully saturated rings. The van der Waals surface area contributed by atoms with Gasteiger partial charge in [-0.3, -0.25) is 14.5 Å². The first-order valence-corrected chi connectivity index (χ1v) is 14.8. The Kier molecular flexibility index (Phi) is 14.6. The van der Waals surface area contributed by atoms with Crippen LogP contribution in [0.4, 0.5) is 18.4 Å². The second-order valence-electron chi connectivity index (χ2n) is 12.9. The minimum Gasteiger partial charge on any atom is -0.444 e. The van der Waals surface area contributed by atoms with Gasteiger partial charge < -0.3 is 24.4 Å². The van der Waals surface area contributed by atoms with Gasteiger partial charge >= 0.3 is 12.2 Å². The summed E-state index contributed by atoms with van der Waals surface area (Å²) in [6.45, 7) is 11.0. The van der Waals surface area contributed by atoms with Crippen LogP contribution in [-0.4, -0.2) is 94.3 Å². The summed E-state index contributed by atoms with van der Waals surface area (Å²) in [5.74, 6) is -2.06. The number of nitrogens with zero attached hydrogens (tertiary/aromatic N) is 3. The Morgan fingerprint density at radius 3 is 1.52 bits per heavy atom. The van der Waals surface area contributed by atoms with Crippen LogP contribution in [-0.2, 0) is 9.47 Å². The maximum atomic E-state index is 14.8. The lowest BCUT2D eigenvalue weighted by atomic mass is 10.0. The van der Waals surface area contributed by atoms with Gasteiger partial charge in [0.1, 0.15) is 22.9 Å². The maximum Gasteiger partial charge on any atom is 0.410 e. The highest BCUT2D eigenvalue weighted by Crippen LogP contribution is 2.27. The number of likely N-dealkylation sites (tertiary alicyclic amines) is 2. The summed E-state index contributed by atoms with van der Waals surface area (Å²) >= 11 is 0. The highest BCUT2D eigenvalue weighted by Gasteiger charge is 2.36. The molecule has 0 bridgehead atoms. The minimum absolute atomic E-state index is 0. The van der Waals surface area contributed by atoms with E-state index in [1.54, 1.807) is 65.8 Å². The SMILES string of the molecule is C.C.CC(C)(C)OC(=O)N1CCC/C(=C(\F)CN2C(=O)c3ccccc3C2=O)C1.CC(C)(C)OC(=O)N1CCC/C(=C(\F)CO)C1. The molecule has 0 saturated carbocycles. The number of carbonyl (C=O) groups excluding carboxylic acids is 4. The average Bonchev–Trinajstić information content (AvgIpc) is 3.20. The van der Waals surface area contributed by atoms with Crippen molar-refractivity contribution >= 4 is 24.0 Å². The molecule has 3 heterocycles. The molecule has 258 valence electrons.